The monoisotopic (exact) mass is 256 g/mol. The molecule has 0 spiro atoms. The van der Waals surface area contributed by atoms with Gasteiger partial charge in [-0.25, -0.2) is 4.98 Å². The van der Waals surface area contributed by atoms with E-state index in [4.69, 9.17) is 4.74 Å². The summed E-state index contributed by atoms with van der Waals surface area (Å²) in [6.45, 7) is 10.2. The Morgan fingerprint density at radius 2 is 2.24 bits per heavy atom. The summed E-state index contributed by atoms with van der Waals surface area (Å²) in [7, 11) is 0. The van der Waals surface area contributed by atoms with Crippen LogP contribution in [0.4, 0.5) is 0 Å². The summed E-state index contributed by atoms with van der Waals surface area (Å²) in [5, 5.41) is 6.72. The summed E-state index contributed by atoms with van der Waals surface area (Å²) in [4.78, 5) is 4.33. The van der Waals surface area contributed by atoms with Crippen molar-refractivity contribution < 1.29 is 4.74 Å². The molecule has 0 fully saturated rings. The quantitative estimate of drug-likeness (QED) is 0.814. The number of hydrogen-bond acceptors (Lipinski definition) is 4. The molecule has 98 valence electrons. The lowest BCUT2D eigenvalue weighted by Gasteiger charge is -2.24. The van der Waals surface area contributed by atoms with Gasteiger partial charge in [0, 0.05) is 24.0 Å². The molecule has 0 aromatic carbocycles. The maximum Gasteiger partial charge on any atom is 0.0941 e. The lowest BCUT2D eigenvalue weighted by atomic mass is 10.1. The fourth-order valence-corrected chi connectivity index (χ4v) is 2.15. The first-order valence-corrected chi connectivity index (χ1v) is 7.15. The molecule has 0 saturated carbocycles. The van der Waals surface area contributed by atoms with Gasteiger partial charge in [-0.2, -0.15) is 0 Å². The number of ether oxygens (including phenoxy) is 1. The van der Waals surface area contributed by atoms with Crippen LogP contribution in [0.1, 0.15) is 39.1 Å². The van der Waals surface area contributed by atoms with Crippen molar-refractivity contribution >= 4 is 11.3 Å². The van der Waals surface area contributed by atoms with Crippen molar-refractivity contribution in [2.24, 2.45) is 0 Å². The predicted octanol–water partition coefficient (Wildman–Crippen LogP) is 2.87. The molecule has 1 aromatic rings. The van der Waals surface area contributed by atoms with Crippen molar-refractivity contribution in [3.63, 3.8) is 0 Å². The van der Waals surface area contributed by atoms with Crippen LogP contribution in [-0.4, -0.2) is 29.8 Å². The minimum Gasteiger partial charge on any atom is -0.374 e. The smallest absolute Gasteiger partial charge is 0.0941 e. The molecule has 1 heterocycles. The molecule has 4 heteroatoms. The van der Waals surface area contributed by atoms with Gasteiger partial charge in [-0.05, 0) is 33.7 Å². The van der Waals surface area contributed by atoms with Gasteiger partial charge in [0.1, 0.15) is 0 Å². The van der Waals surface area contributed by atoms with Gasteiger partial charge in [-0.15, -0.1) is 11.3 Å². The molecule has 0 saturated heterocycles. The highest BCUT2D eigenvalue weighted by Crippen LogP contribution is 2.11. The van der Waals surface area contributed by atoms with Crippen LogP contribution >= 0.6 is 11.3 Å². The van der Waals surface area contributed by atoms with Gasteiger partial charge in [-0.3, -0.25) is 0 Å². The van der Waals surface area contributed by atoms with E-state index in [1.54, 1.807) is 11.3 Å². The molecule has 0 radical (unpaired) electrons. The van der Waals surface area contributed by atoms with E-state index in [1.165, 1.54) is 5.01 Å². The molecule has 1 atom stereocenters. The first kappa shape index (κ1) is 14.6. The van der Waals surface area contributed by atoms with Crippen molar-refractivity contribution in [1.82, 2.24) is 10.3 Å². The number of rotatable bonds is 7. The van der Waals surface area contributed by atoms with Crippen molar-refractivity contribution in [2.45, 2.75) is 52.2 Å². The molecule has 17 heavy (non-hydrogen) atoms. The summed E-state index contributed by atoms with van der Waals surface area (Å²) in [5.41, 5.74) is -0.0744. The summed E-state index contributed by atoms with van der Waals surface area (Å²) < 4.78 is 5.85. The molecule has 0 aliphatic rings. The van der Waals surface area contributed by atoms with Gasteiger partial charge in [0.05, 0.1) is 17.2 Å². The van der Waals surface area contributed by atoms with E-state index < -0.39 is 0 Å². The van der Waals surface area contributed by atoms with Crippen molar-refractivity contribution in [1.29, 1.82) is 0 Å². The highest BCUT2D eigenvalue weighted by molar-refractivity contribution is 7.09. The lowest BCUT2D eigenvalue weighted by Crippen LogP contribution is -2.38. The average molecular weight is 256 g/mol. The third-order valence-electron chi connectivity index (χ3n) is 2.31. The van der Waals surface area contributed by atoms with E-state index in [0.717, 1.165) is 26.0 Å². The van der Waals surface area contributed by atoms with Crippen LogP contribution in [-0.2, 0) is 11.2 Å². The van der Waals surface area contributed by atoms with E-state index in [2.05, 4.69) is 38.0 Å². The zero-order chi connectivity index (χ0) is 12.7. The molecule has 1 aromatic heterocycles. The highest BCUT2D eigenvalue weighted by Gasteiger charge is 2.16. The number of nitrogens with zero attached hydrogens (tertiary/aromatic N) is 1. The molecule has 1 rings (SSSR count). The van der Waals surface area contributed by atoms with E-state index in [9.17, 15) is 0 Å². The number of thiazole rings is 1. The van der Waals surface area contributed by atoms with Crippen molar-refractivity contribution in [3.8, 4) is 0 Å². The zero-order valence-corrected chi connectivity index (χ0v) is 12.1. The predicted molar refractivity (Wildman–Crippen MR) is 73.6 cm³/mol. The van der Waals surface area contributed by atoms with E-state index in [1.807, 2.05) is 11.6 Å². The van der Waals surface area contributed by atoms with Crippen LogP contribution < -0.4 is 5.32 Å². The summed E-state index contributed by atoms with van der Waals surface area (Å²) in [5.74, 6) is 0. The highest BCUT2D eigenvalue weighted by atomic mass is 32.1. The number of nitrogens with one attached hydrogen (secondary N) is 1. The second-order valence-corrected chi connectivity index (χ2v) is 6.18. The van der Waals surface area contributed by atoms with E-state index >= 15 is 0 Å². The molecule has 0 amide bonds. The average Bonchev–Trinajstić information content (AvgIpc) is 2.73. The van der Waals surface area contributed by atoms with Crippen molar-refractivity contribution in [3.05, 3.63) is 16.6 Å². The molecule has 0 bridgehead atoms. The van der Waals surface area contributed by atoms with Gasteiger partial charge in [-0.1, -0.05) is 6.92 Å². The molecule has 0 aliphatic carbocycles. The second-order valence-electron chi connectivity index (χ2n) is 5.20. The Morgan fingerprint density at radius 3 is 2.76 bits per heavy atom. The van der Waals surface area contributed by atoms with Gasteiger partial charge >= 0.3 is 0 Å². The topological polar surface area (TPSA) is 34.1 Å². The number of aromatic nitrogens is 1. The Hall–Kier alpha value is -0.450. The Kier molecular flexibility index (Phi) is 6.09. The third kappa shape index (κ3) is 6.76. The van der Waals surface area contributed by atoms with Crippen molar-refractivity contribution in [2.75, 3.05) is 13.2 Å². The molecular weight excluding hydrogens is 232 g/mol. The molecular formula is C13H24N2OS. The maximum absolute atomic E-state index is 5.85. The molecule has 1 unspecified atom stereocenters. The largest absolute Gasteiger partial charge is 0.374 e. The Bertz CT molecular complexity index is 293. The SMILES string of the molecule is CCCNC(COC(C)(C)C)Cc1nccs1. The minimum absolute atomic E-state index is 0.0744. The summed E-state index contributed by atoms with van der Waals surface area (Å²) in [6.07, 6.45) is 3.96. The molecule has 3 nitrogen and oxygen atoms in total. The maximum atomic E-state index is 5.85. The zero-order valence-electron chi connectivity index (χ0n) is 11.3. The Labute approximate surface area is 109 Å². The fraction of sp³-hybridized carbons (Fsp3) is 0.769. The second kappa shape index (κ2) is 7.09. The fourth-order valence-electron chi connectivity index (χ4n) is 1.45. The van der Waals surface area contributed by atoms with Crippen LogP contribution in [0.25, 0.3) is 0 Å². The first-order valence-electron chi connectivity index (χ1n) is 6.27. The normalized spacial score (nSPS) is 13.9. The molecule has 1 N–H and O–H groups in total. The minimum atomic E-state index is -0.0744. The summed E-state index contributed by atoms with van der Waals surface area (Å²) in [6, 6.07) is 0.361. The van der Waals surface area contributed by atoms with Crippen LogP contribution in [0.5, 0.6) is 0 Å². The van der Waals surface area contributed by atoms with Gasteiger partial charge in [0.25, 0.3) is 0 Å². The van der Waals surface area contributed by atoms with Gasteiger partial charge in [0.15, 0.2) is 0 Å². The lowest BCUT2D eigenvalue weighted by molar-refractivity contribution is -0.0143. The van der Waals surface area contributed by atoms with Crippen LogP contribution in [0, 0.1) is 0 Å². The summed E-state index contributed by atoms with van der Waals surface area (Å²) >= 11 is 1.71. The standard InChI is InChI=1S/C13H24N2OS/c1-5-6-14-11(10-16-13(2,3)4)9-12-15-7-8-17-12/h7-8,11,14H,5-6,9-10H2,1-4H3. The molecule has 0 aliphatic heterocycles. The van der Waals surface area contributed by atoms with Gasteiger partial charge < -0.3 is 10.1 Å². The van der Waals surface area contributed by atoms with Gasteiger partial charge in [0.2, 0.25) is 0 Å². The van der Waals surface area contributed by atoms with Crippen LogP contribution in [0.15, 0.2) is 11.6 Å². The van der Waals surface area contributed by atoms with E-state index in [-0.39, 0.29) is 5.60 Å². The van der Waals surface area contributed by atoms with Crippen LogP contribution in [0.2, 0.25) is 0 Å². The third-order valence-corrected chi connectivity index (χ3v) is 3.11. The first-order chi connectivity index (χ1) is 8.01. The number of hydrogen-bond donors (Lipinski definition) is 1. The Morgan fingerprint density at radius 1 is 1.47 bits per heavy atom. The Balaban J connectivity index is 2.42. The van der Waals surface area contributed by atoms with Crippen LogP contribution in [0.3, 0.4) is 0 Å². The van der Waals surface area contributed by atoms with E-state index in [0.29, 0.717) is 6.04 Å².